The predicted octanol–water partition coefficient (Wildman–Crippen LogP) is 0.797. The highest BCUT2D eigenvalue weighted by Gasteiger charge is 1.91. The second-order valence-electron chi connectivity index (χ2n) is 3.49. The van der Waals surface area contributed by atoms with E-state index in [0.29, 0.717) is 0 Å². The Kier molecular flexibility index (Phi) is 9.89. The van der Waals surface area contributed by atoms with Crippen LogP contribution in [0, 0.1) is 6.92 Å². The van der Waals surface area contributed by atoms with Gasteiger partial charge in [0.25, 0.3) is 0 Å². The molecule has 0 unspecified atom stereocenters. The fourth-order valence-corrected chi connectivity index (χ4v) is 0.534. The van der Waals surface area contributed by atoms with Gasteiger partial charge in [-0.3, -0.25) is 0 Å². The SMILES string of the molecule is C1CN1.C1CN1.Cc1ccccc1.NC(=O)O. The van der Waals surface area contributed by atoms with E-state index in [9.17, 15) is 0 Å². The van der Waals surface area contributed by atoms with Crippen LogP contribution >= 0.6 is 0 Å². The first-order valence-corrected chi connectivity index (χ1v) is 5.54. The lowest BCUT2D eigenvalue weighted by Crippen LogP contribution is -2.03. The molecule has 3 rings (SSSR count). The van der Waals surface area contributed by atoms with Crippen molar-refractivity contribution >= 4 is 6.09 Å². The maximum absolute atomic E-state index is 8.78. The zero-order valence-electron chi connectivity index (χ0n) is 10.1. The third-order valence-electron chi connectivity index (χ3n) is 1.44. The van der Waals surface area contributed by atoms with Gasteiger partial charge in [0.05, 0.1) is 0 Å². The van der Waals surface area contributed by atoms with Gasteiger partial charge >= 0.3 is 6.09 Å². The van der Waals surface area contributed by atoms with Gasteiger partial charge in [-0.15, -0.1) is 0 Å². The molecule has 0 saturated carbocycles. The number of benzene rings is 1. The van der Waals surface area contributed by atoms with Crippen molar-refractivity contribution in [1.82, 2.24) is 10.6 Å². The molecule has 5 N–H and O–H groups in total. The molecule has 5 nitrogen and oxygen atoms in total. The zero-order valence-corrected chi connectivity index (χ0v) is 10.1. The van der Waals surface area contributed by atoms with Crippen LogP contribution in [0.5, 0.6) is 0 Å². The molecule has 0 bridgehead atoms. The van der Waals surface area contributed by atoms with E-state index in [4.69, 9.17) is 9.90 Å². The van der Waals surface area contributed by atoms with E-state index in [1.165, 1.54) is 31.7 Å². The summed E-state index contributed by atoms with van der Waals surface area (Å²) in [6.07, 6.45) is -1.33. The molecular weight excluding hydrogens is 218 g/mol. The number of nitrogens with two attached hydrogens (primary N) is 1. The summed E-state index contributed by atoms with van der Waals surface area (Å²) in [6.45, 7) is 7.08. The molecule has 2 saturated heterocycles. The molecule has 0 aliphatic carbocycles. The third-order valence-corrected chi connectivity index (χ3v) is 1.44. The van der Waals surface area contributed by atoms with E-state index in [-0.39, 0.29) is 0 Å². The first-order valence-electron chi connectivity index (χ1n) is 5.54. The fourth-order valence-electron chi connectivity index (χ4n) is 0.534. The van der Waals surface area contributed by atoms with Crippen LogP contribution in [0.3, 0.4) is 0 Å². The lowest BCUT2D eigenvalue weighted by molar-refractivity contribution is 0.205. The molecule has 1 amide bonds. The van der Waals surface area contributed by atoms with Crippen LogP contribution in [0.15, 0.2) is 30.3 Å². The summed E-state index contributed by atoms with van der Waals surface area (Å²) in [7, 11) is 0. The molecular formula is C12H21N3O2. The van der Waals surface area contributed by atoms with Crippen molar-refractivity contribution in [3.05, 3.63) is 35.9 Å². The van der Waals surface area contributed by atoms with Gasteiger partial charge in [-0.2, -0.15) is 0 Å². The lowest BCUT2D eigenvalue weighted by atomic mass is 10.2. The van der Waals surface area contributed by atoms with Gasteiger partial charge in [0.15, 0.2) is 0 Å². The van der Waals surface area contributed by atoms with Gasteiger partial charge < -0.3 is 21.5 Å². The van der Waals surface area contributed by atoms with Crippen molar-refractivity contribution in [2.45, 2.75) is 6.92 Å². The Bertz CT molecular complexity index is 272. The van der Waals surface area contributed by atoms with Gasteiger partial charge in [0.2, 0.25) is 0 Å². The maximum atomic E-state index is 8.78. The molecule has 2 aliphatic rings. The topological polar surface area (TPSA) is 107 Å². The van der Waals surface area contributed by atoms with Crippen molar-refractivity contribution in [3.63, 3.8) is 0 Å². The smallest absolute Gasteiger partial charge is 0.402 e. The largest absolute Gasteiger partial charge is 0.465 e. The summed E-state index contributed by atoms with van der Waals surface area (Å²) in [5, 5.41) is 13.2. The number of carbonyl (C=O) groups is 1. The summed E-state index contributed by atoms with van der Waals surface area (Å²) in [5.74, 6) is 0. The summed E-state index contributed by atoms with van der Waals surface area (Å²) >= 11 is 0. The normalized spacial score (nSPS) is 13.5. The quantitative estimate of drug-likeness (QED) is 0.502. The average Bonchev–Trinajstić information content (AvgIpc) is 3.06. The Labute approximate surface area is 102 Å². The van der Waals surface area contributed by atoms with Crippen molar-refractivity contribution in [3.8, 4) is 0 Å². The zero-order chi connectivity index (χ0) is 12.9. The third kappa shape index (κ3) is 31.4. The number of aryl methyl sites for hydroxylation is 1. The molecule has 2 heterocycles. The molecule has 5 heteroatoms. The summed E-state index contributed by atoms with van der Waals surface area (Å²) in [5.41, 5.74) is 5.35. The minimum Gasteiger partial charge on any atom is -0.465 e. The highest BCUT2D eigenvalue weighted by Crippen LogP contribution is 1.92. The number of nitrogens with one attached hydrogen (secondary N) is 2. The monoisotopic (exact) mass is 239 g/mol. The van der Waals surface area contributed by atoms with E-state index >= 15 is 0 Å². The minimum absolute atomic E-state index is 1.25. The molecule has 2 aliphatic heterocycles. The molecule has 2 fully saturated rings. The van der Waals surface area contributed by atoms with Crippen LogP contribution in [-0.4, -0.2) is 37.4 Å². The van der Waals surface area contributed by atoms with E-state index < -0.39 is 6.09 Å². The fraction of sp³-hybridized carbons (Fsp3) is 0.417. The Balaban J connectivity index is 0.000000217. The second-order valence-corrected chi connectivity index (χ2v) is 3.49. The van der Waals surface area contributed by atoms with Crippen molar-refractivity contribution in [2.24, 2.45) is 5.73 Å². The number of hydrogen-bond acceptors (Lipinski definition) is 3. The van der Waals surface area contributed by atoms with Crippen LogP contribution in [-0.2, 0) is 0 Å². The van der Waals surface area contributed by atoms with Crippen molar-refractivity contribution in [1.29, 1.82) is 0 Å². The number of amides is 1. The van der Waals surface area contributed by atoms with E-state index in [0.717, 1.165) is 0 Å². The van der Waals surface area contributed by atoms with Gasteiger partial charge in [0, 0.05) is 26.2 Å². The average molecular weight is 239 g/mol. The minimum atomic E-state index is -1.33. The van der Waals surface area contributed by atoms with Crippen molar-refractivity contribution in [2.75, 3.05) is 26.2 Å². The van der Waals surface area contributed by atoms with E-state index in [1.807, 2.05) is 18.2 Å². The Morgan fingerprint density at radius 3 is 1.53 bits per heavy atom. The number of primary amides is 1. The van der Waals surface area contributed by atoms with Crippen LogP contribution in [0.1, 0.15) is 5.56 Å². The van der Waals surface area contributed by atoms with Gasteiger partial charge in [0.1, 0.15) is 0 Å². The first-order chi connectivity index (χ1) is 8.13. The van der Waals surface area contributed by atoms with Gasteiger partial charge in [-0.1, -0.05) is 35.9 Å². The van der Waals surface area contributed by atoms with Crippen LogP contribution in [0.4, 0.5) is 4.79 Å². The Morgan fingerprint density at radius 2 is 1.41 bits per heavy atom. The van der Waals surface area contributed by atoms with Crippen molar-refractivity contribution < 1.29 is 9.90 Å². The van der Waals surface area contributed by atoms with Gasteiger partial charge in [-0.05, 0) is 6.92 Å². The number of rotatable bonds is 0. The van der Waals surface area contributed by atoms with Gasteiger partial charge in [-0.25, -0.2) is 4.79 Å². The molecule has 0 spiro atoms. The Hall–Kier alpha value is -1.59. The summed E-state index contributed by atoms with van der Waals surface area (Å²) in [6, 6.07) is 10.3. The molecule has 96 valence electrons. The number of hydrogen-bond donors (Lipinski definition) is 4. The number of carboxylic acid groups (broad SMARTS) is 1. The standard InChI is InChI=1S/C7H8.2C2H5N.CH3NO2/c1-7-5-3-2-4-6-7;2*1-2-3-1;2-1(3)4/h2-6H,1H3;2*3H,1-2H2;2H2,(H,3,4). The molecule has 17 heavy (non-hydrogen) atoms. The first kappa shape index (κ1) is 15.4. The van der Waals surface area contributed by atoms with E-state index in [1.54, 1.807) is 0 Å². The molecule has 0 radical (unpaired) electrons. The predicted molar refractivity (Wildman–Crippen MR) is 69.1 cm³/mol. The lowest BCUT2D eigenvalue weighted by Gasteiger charge is -1.82. The summed E-state index contributed by atoms with van der Waals surface area (Å²) in [4.78, 5) is 8.78. The molecule has 0 aromatic heterocycles. The van der Waals surface area contributed by atoms with E-state index in [2.05, 4.69) is 35.4 Å². The molecule has 1 aromatic carbocycles. The highest BCUT2D eigenvalue weighted by atomic mass is 16.4. The molecule has 1 aromatic rings. The van der Waals surface area contributed by atoms with Crippen LogP contribution < -0.4 is 16.4 Å². The Morgan fingerprint density at radius 1 is 1.12 bits per heavy atom. The van der Waals surface area contributed by atoms with Crippen LogP contribution in [0.2, 0.25) is 0 Å². The maximum Gasteiger partial charge on any atom is 0.402 e. The second kappa shape index (κ2) is 10.9. The highest BCUT2D eigenvalue weighted by molar-refractivity contribution is 5.61. The summed E-state index contributed by atoms with van der Waals surface area (Å²) < 4.78 is 0. The van der Waals surface area contributed by atoms with Crippen LogP contribution in [0.25, 0.3) is 0 Å². The molecule has 0 atom stereocenters.